The van der Waals surface area contributed by atoms with Gasteiger partial charge in [0.05, 0.1) is 6.54 Å². The Bertz CT molecular complexity index is 818. The van der Waals surface area contributed by atoms with E-state index in [0.717, 1.165) is 15.6 Å². The SMILES string of the molecule is CC(=O)c1csc(NC(=O)CN(C)S(=O)(=O)c2cccnc2)n1. The number of carbonyl (C=O) groups excluding carboxylic acids is 2. The van der Waals surface area contributed by atoms with Crippen LogP contribution in [0, 0.1) is 0 Å². The zero-order chi connectivity index (χ0) is 17.0. The predicted octanol–water partition coefficient (Wildman–Crippen LogP) is 1.000. The van der Waals surface area contributed by atoms with Crippen LogP contribution in [0.25, 0.3) is 0 Å². The molecule has 0 aliphatic rings. The van der Waals surface area contributed by atoms with Crippen LogP contribution in [-0.4, -0.2) is 48.0 Å². The lowest BCUT2D eigenvalue weighted by molar-refractivity contribution is -0.116. The molecule has 23 heavy (non-hydrogen) atoms. The Kier molecular flexibility index (Phi) is 5.19. The van der Waals surface area contributed by atoms with Crippen LogP contribution in [0.2, 0.25) is 0 Å². The van der Waals surface area contributed by atoms with E-state index in [-0.39, 0.29) is 28.0 Å². The van der Waals surface area contributed by atoms with Crippen LogP contribution >= 0.6 is 11.3 Å². The van der Waals surface area contributed by atoms with E-state index in [9.17, 15) is 18.0 Å². The van der Waals surface area contributed by atoms with Gasteiger partial charge in [-0.3, -0.25) is 14.6 Å². The van der Waals surface area contributed by atoms with Crippen LogP contribution in [0.15, 0.2) is 34.8 Å². The molecule has 0 atom stereocenters. The zero-order valence-corrected chi connectivity index (χ0v) is 14.0. The largest absolute Gasteiger partial charge is 0.301 e. The van der Waals surface area contributed by atoms with Gasteiger partial charge in [0.2, 0.25) is 15.9 Å². The second-order valence-corrected chi connectivity index (χ2v) is 7.50. The summed E-state index contributed by atoms with van der Waals surface area (Å²) in [6, 6.07) is 2.90. The number of rotatable bonds is 6. The third kappa shape index (κ3) is 4.18. The zero-order valence-electron chi connectivity index (χ0n) is 12.4. The van der Waals surface area contributed by atoms with E-state index in [0.29, 0.717) is 0 Å². The Labute approximate surface area is 137 Å². The quantitative estimate of drug-likeness (QED) is 0.775. The van der Waals surface area contributed by atoms with Crippen molar-refractivity contribution in [2.75, 3.05) is 18.9 Å². The lowest BCUT2D eigenvalue weighted by Gasteiger charge is -2.16. The summed E-state index contributed by atoms with van der Waals surface area (Å²) >= 11 is 1.10. The van der Waals surface area contributed by atoms with Gasteiger partial charge in [0, 0.05) is 31.7 Å². The van der Waals surface area contributed by atoms with Crippen molar-refractivity contribution in [3.05, 3.63) is 35.6 Å². The van der Waals surface area contributed by atoms with Crippen molar-refractivity contribution in [2.45, 2.75) is 11.8 Å². The highest BCUT2D eigenvalue weighted by Crippen LogP contribution is 2.16. The summed E-state index contributed by atoms with van der Waals surface area (Å²) in [6.45, 7) is 0.987. The number of Topliss-reactive ketones (excluding diaryl/α,β-unsaturated/α-hetero) is 1. The van der Waals surface area contributed by atoms with Gasteiger partial charge in [-0.2, -0.15) is 4.31 Å². The maximum Gasteiger partial charge on any atom is 0.244 e. The number of carbonyl (C=O) groups is 2. The maximum absolute atomic E-state index is 12.3. The number of hydrogen-bond donors (Lipinski definition) is 1. The van der Waals surface area contributed by atoms with Gasteiger partial charge in [0.1, 0.15) is 10.6 Å². The van der Waals surface area contributed by atoms with E-state index in [2.05, 4.69) is 15.3 Å². The van der Waals surface area contributed by atoms with Crippen LogP contribution in [0.3, 0.4) is 0 Å². The highest BCUT2D eigenvalue weighted by Gasteiger charge is 2.23. The Morgan fingerprint density at radius 2 is 2.13 bits per heavy atom. The summed E-state index contributed by atoms with van der Waals surface area (Å²) in [5, 5.41) is 4.23. The average molecular weight is 354 g/mol. The number of pyridine rings is 1. The molecule has 2 heterocycles. The molecule has 2 aromatic heterocycles. The van der Waals surface area contributed by atoms with E-state index < -0.39 is 15.9 Å². The molecule has 8 nitrogen and oxygen atoms in total. The fourth-order valence-corrected chi connectivity index (χ4v) is 3.48. The van der Waals surface area contributed by atoms with Gasteiger partial charge in [0.25, 0.3) is 0 Å². The third-order valence-corrected chi connectivity index (χ3v) is 5.36. The fourth-order valence-electron chi connectivity index (χ4n) is 1.62. The normalized spacial score (nSPS) is 11.4. The van der Waals surface area contributed by atoms with Crippen molar-refractivity contribution < 1.29 is 18.0 Å². The van der Waals surface area contributed by atoms with Crippen molar-refractivity contribution in [3.63, 3.8) is 0 Å². The predicted molar refractivity (Wildman–Crippen MR) is 84.8 cm³/mol. The molecule has 0 aromatic carbocycles. The number of sulfonamides is 1. The first-order valence-electron chi connectivity index (χ1n) is 6.43. The molecule has 0 aliphatic heterocycles. The second-order valence-electron chi connectivity index (χ2n) is 4.59. The van der Waals surface area contributed by atoms with Crippen molar-refractivity contribution in [3.8, 4) is 0 Å². The molecule has 0 fully saturated rings. The van der Waals surface area contributed by atoms with E-state index in [4.69, 9.17) is 0 Å². The Hall–Kier alpha value is -2.17. The van der Waals surface area contributed by atoms with Gasteiger partial charge >= 0.3 is 0 Å². The van der Waals surface area contributed by atoms with Crippen LogP contribution in [0.4, 0.5) is 5.13 Å². The minimum Gasteiger partial charge on any atom is -0.301 e. The second kappa shape index (κ2) is 6.94. The molecular formula is C13H14N4O4S2. The number of likely N-dealkylation sites (N-methyl/N-ethyl adjacent to an activating group) is 1. The highest BCUT2D eigenvalue weighted by atomic mass is 32.2. The van der Waals surface area contributed by atoms with Gasteiger partial charge in [0.15, 0.2) is 10.9 Å². The minimum absolute atomic E-state index is 0.00316. The Morgan fingerprint density at radius 1 is 1.39 bits per heavy atom. The molecule has 0 aliphatic carbocycles. The maximum atomic E-state index is 12.3. The van der Waals surface area contributed by atoms with Gasteiger partial charge in [-0.25, -0.2) is 13.4 Å². The summed E-state index contributed by atoms with van der Waals surface area (Å²) in [5.41, 5.74) is 0.252. The van der Waals surface area contributed by atoms with Crippen molar-refractivity contribution in [1.29, 1.82) is 0 Å². The van der Waals surface area contributed by atoms with Crippen molar-refractivity contribution >= 4 is 38.2 Å². The van der Waals surface area contributed by atoms with Gasteiger partial charge in [-0.05, 0) is 12.1 Å². The van der Waals surface area contributed by atoms with E-state index >= 15 is 0 Å². The van der Waals surface area contributed by atoms with Crippen LogP contribution in [0.5, 0.6) is 0 Å². The van der Waals surface area contributed by atoms with Gasteiger partial charge in [-0.15, -0.1) is 11.3 Å². The lowest BCUT2D eigenvalue weighted by atomic mass is 10.4. The fraction of sp³-hybridized carbons (Fsp3) is 0.231. The number of amides is 1. The number of nitrogens with one attached hydrogen (secondary N) is 1. The molecule has 1 N–H and O–H groups in total. The third-order valence-electron chi connectivity index (χ3n) is 2.82. The Balaban J connectivity index is 2.03. The van der Waals surface area contributed by atoms with Crippen molar-refractivity contribution in [1.82, 2.24) is 14.3 Å². The first-order chi connectivity index (χ1) is 10.8. The minimum atomic E-state index is -3.80. The summed E-state index contributed by atoms with van der Waals surface area (Å²) in [7, 11) is -2.50. The monoisotopic (exact) mass is 354 g/mol. The first kappa shape index (κ1) is 17.2. The van der Waals surface area contributed by atoms with E-state index in [1.165, 1.54) is 43.9 Å². The summed E-state index contributed by atoms with van der Waals surface area (Å²) < 4.78 is 25.4. The molecule has 0 spiro atoms. The number of aromatic nitrogens is 2. The molecule has 2 aromatic rings. The lowest BCUT2D eigenvalue weighted by Crippen LogP contribution is -2.35. The van der Waals surface area contributed by atoms with Crippen molar-refractivity contribution in [2.24, 2.45) is 0 Å². The molecular weight excluding hydrogens is 340 g/mol. The standard InChI is InChI=1S/C13H14N4O4S2/c1-9(18)11-8-22-13(15-11)16-12(19)7-17(2)23(20,21)10-4-3-5-14-6-10/h3-6,8H,7H2,1-2H3,(H,15,16,19). The summed E-state index contributed by atoms with van der Waals surface area (Å²) in [5.74, 6) is -0.762. The molecule has 0 saturated heterocycles. The molecule has 2 rings (SSSR count). The van der Waals surface area contributed by atoms with Gasteiger partial charge < -0.3 is 5.32 Å². The number of thiazole rings is 1. The number of anilines is 1. The molecule has 10 heteroatoms. The van der Waals surface area contributed by atoms with Crippen LogP contribution < -0.4 is 5.32 Å². The van der Waals surface area contributed by atoms with Gasteiger partial charge in [-0.1, -0.05) is 0 Å². The molecule has 0 unspecified atom stereocenters. The van der Waals surface area contributed by atoms with Crippen LogP contribution in [0.1, 0.15) is 17.4 Å². The number of ketones is 1. The molecule has 122 valence electrons. The summed E-state index contributed by atoms with van der Waals surface area (Å²) in [6.07, 6.45) is 2.67. The number of nitrogens with zero attached hydrogens (tertiary/aromatic N) is 3. The van der Waals surface area contributed by atoms with E-state index in [1.807, 2.05) is 0 Å². The smallest absolute Gasteiger partial charge is 0.244 e. The van der Waals surface area contributed by atoms with E-state index in [1.54, 1.807) is 0 Å². The van der Waals surface area contributed by atoms with Crippen LogP contribution in [-0.2, 0) is 14.8 Å². The number of hydrogen-bond acceptors (Lipinski definition) is 7. The molecule has 0 bridgehead atoms. The summed E-state index contributed by atoms with van der Waals surface area (Å²) in [4.78, 5) is 30.8. The average Bonchev–Trinajstić information content (AvgIpc) is 2.96. The topological polar surface area (TPSA) is 109 Å². The first-order valence-corrected chi connectivity index (χ1v) is 8.75. The highest BCUT2D eigenvalue weighted by molar-refractivity contribution is 7.89. The molecule has 0 radical (unpaired) electrons. The molecule has 0 saturated carbocycles. The Morgan fingerprint density at radius 3 is 2.70 bits per heavy atom. The molecule has 1 amide bonds.